The molecular weight excluding hydrogens is 254 g/mol. The molecule has 0 aliphatic heterocycles. The highest BCUT2D eigenvalue weighted by molar-refractivity contribution is 5.93. The molecular formula is C11H15N3O5. The molecule has 0 saturated carbocycles. The van der Waals surface area contributed by atoms with E-state index in [1.807, 2.05) is 6.92 Å². The molecule has 19 heavy (non-hydrogen) atoms. The predicted molar refractivity (Wildman–Crippen MR) is 67.4 cm³/mol. The summed E-state index contributed by atoms with van der Waals surface area (Å²) >= 11 is 0. The van der Waals surface area contributed by atoms with E-state index in [4.69, 9.17) is 9.84 Å². The number of nitrogens with zero attached hydrogens (tertiary/aromatic N) is 2. The first-order valence-electron chi connectivity index (χ1n) is 5.56. The molecule has 104 valence electrons. The van der Waals surface area contributed by atoms with Crippen LogP contribution in [0.3, 0.4) is 0 Å². The maximum absolute atomic E-state index is 10.9. The first-order chi connectivity index (χ1) is 8.95. The average Bonchev–Trinajstić information content (AvgIpc) is 2.36. The SMILES string of the molecule is COCC(C)CNc1cc(C(=O)O)c([N+](=O)[O-])cn1. The summed E-state index contributed by atoms with van der Waals surface area (Å²) in [5, 5.41) is 22.5. The summed E-state index contributed by atoms with van der Waals surface area (Å²) in [6.07, 6.45) is 0.937. The minimum atomic E-state index is -1.36. The number of carboxylic acid groups (broad SMARTS) is 1. The zero-order valence-corrected chi connectivity index (χ0v) is 10.6. The molecule has 1 atom stereocenters. The molecule has 0 aliphatic carbocycles. The first kappa shape index (κ1) is 14.8. The molecule has 0 fully saturated rings. The Kier molecular flexibility index (Phi) is 5.19. The number of rotatable bonds is 7. The maximum atomic E-state index is 10.9. The minimum absolute atomic E-state index is 0.204. The van der Waals surface area contributed by atoms with Gasteiger partial charge in [0.25, 0.3) is 0 Å². The minimum Gasteiger partial charge on any atom is -0.477 e. The van der Waals surface area contributed by atoms with Crippen LogP contribution in [0.2, 0.25) is 0 Å². The molecule has 2 N–H and O–H groups in total. The molecule has 0 aliphatic rings. The number of ether oxygens (including phenoxy) is 1. The van der Waals surface area contributed by atoms with Crippen LogP contribution in [0.15, 0.2) is 12.3 Å². The topological polar surface area (TPSA) is 115 Å². The van der Waals surface area contributed by atoms with Crippen molar-refractivity contribution in [3.05, 3.63) is 27.9 Å². The summed E-state index contributed by atoms with van der Waals surface area (Å²) in [5.41, 5.74) is -0.912. The van der Waals surface area contributed by atoms with E-state index in [2.05, 4.69) is 10.3 Å². The molecule has 0 saturated heterocycles. The van der Waals surface area contributed by atoms with Crippen LogP contribution in [0.5, 0.6) is 0 Å². The van der Waals surface area contributed by atoms with Crippen LogP contribution in [0.4, 0.5) is 11.5 Å². The predicted octanol–water partition coefficient (Wildman–Crippen LogP) is 1.38. The molecule has 8 nitrogen and oxygen atoms in total. The Labute approximate surface area is 109 Å². The smallest absolute Gasteiger partial charge is 0.342 e. The monoisotopic (exact) mass is 269 g/mol. The number of nitrogens with one attached hydrogen (secondary N) is 1. The molecule has 0 radical (unpaired) electrons. The van der Waals surface area contributed by atoms with Gasteiger partial charge in [-0.15, -0.1) is 0 Å². The van der Waals surface area contributed by atoms with Gasteiger partial charge in [-0.25, -0.2) is 9.78 Å². The van der Waals surface area contributed by atoms with E-state index in [-0.39, 0.29) is 17.3 Å². The van der Waals surface area contributed by atoms with Gasteiger partial charge in [-0.2, -0.15) is 0 Å². The van der Waals surface area contributed by atoms with E-state index < -0.39 is 16.6 Å². The van der Waals surface area contributed by atoms with Gasteiger partial charge in [0.05, 0.1) is 11.5 Å². The van der Waals surface area contributed by atoms with Crippen LogP contribution in [0.25, 0.3) is 0 Å². The van der Waals surface area contributed by atoms with Crippen molar-refractivity contribution in [1.82, 2.24) is 4.98 Å². The van der Waals surface area contributed by atoms with Gasteiger partial charge in [0.2, 0.25) is 0 Å². The van der Waals surface area contributed by atoms with Crippen LogP contribution in [0, 0.1) is 16.0 Å². The van der Waals surface area contributed by atoms with Gasteiger partial charge in [0, 0.05) is 19.7 Å². The van der Waals surface area contributed by atoms with E-state index in [1.54, 1.807) is 7.11 Å². The second-order valence-electron chi connectivity index (χ2n) is 4.09. The van der Waals surface area contributed by atoms with Crippen LogP contribution in [0.1, 0.15) is 17.3 Å². The van der Waals surface area contributed by atoms with Crippen molar-refractivity contribution in [3.8, 4) is 0 Å². The second-order valence-corrected chi connectivity index (χ2v) is 4.09. The van der Waals surface area contributed by atoms with Crippen molar-refractivity contribution in [2.24, 2.45) is 5.92 Å². The second kappa shape index (κ2) is 6.64. The van der Waals surface area contributed by atoms with Gasteiger partial charge in [-0.1, -0.05) is 6.92 Å². The Morgan fingerprint density at radius 3 is 2.89 bits per heavy atom. The Balaban J connectivity index is 2.84. The lowest BCUT2D eigenvalue weighted by Gasteiger charge is -2.12. The van der Waals surface area contributed by atoms with Crippen LogP contribution < -0.4 is 5.32 Å². The number of hydrogen-bond donors (Lipinski definition) is 2. The number of aromatic nitrogens is 1. The third kappa shape index (κ3) is 4.18. The number of anilines is 1. The van der Waals surface area contributed by atoms with Crippen molar-refractivity contribution < 1.29 is 19.6 Å². The standard InChI is InChI=1S/C11H15N3O5/c1-7(6-19-2)4-12-10-3-8(11(15)16)9(5-13-10)14(17)18/h3,5,7H,4,6H2,1-2H3,(H,12,13)(H,15,16). The maximum Gasteiger partial charge on any atom is 0.342 e. The van der Waals surface area contributed by atoms with Crippen molar-refractivity contribution in [2.75, 3.05) is 25.6 Å². The summed E-state index contributed by atoms with van der Waals surface area (Å²) in [4.78, 5) is 24.6. The molecule has 0 bridgehead atoms. The van der Waals surface area contributed by atoms with Crippen molar-refractivity contribution in [3.63, 3.8) is 0 Å². The van der Waals surface area contributed by atoms with Crippen LogP contribution in [-0.4, -0.2) is 41.2 Å². The summed E-state index contributed by atoms with van der Waals surface area (Å²) in [7, 11) is 1.59. The summed E-state index contributed by atoms with van der Waals surface area (Å²) < 4.78 is 4.96. The molecule has 8 heteroatoms. The Morgan fingerprint density at radius 2 is 2.37 bits per heavy atom. The third-order valence-corrected chi connectivity index (χ3v) is 2.39. The number of aromatic carboxylic acids is 1. The van der Waals surface area contributed by atoms with Crippen molar-refractivity contribution >= 4 is 17.5 Å². The summed E-state index contributed by atoms with van der Waals surface area (Å²) in [6, 6.07) is 1.15. The number of pyridine rings is 1. The number of nitro groups is 1. The molecule has 0 spiro atoms. The van der Waals surface area contributed by atoms with Gasteiger partial charge in [-0.3, -0.25) is 10.1 Å². The number of carbonyl (C=O) groups is 1. The van der Waals surface area contributed by atoms with Gasteiger partial charge < -0.3 is 15.2 Å². The lowest BCUT2D eigenvalue weighted by molar-refractivity contribution is -0.385. The average molecular weight is 269 g/mol. The van der Waals surface area contributed by atoms with E-state index in [0.29, 0.717) is 13.2 Å². The fourth-order valence-electron chi connectivity index (χ4n) is 1.48. The number of carboxylic acids is 1. The van der Waals surface area contributed by atoms with E-state index in [0.717, 1.165) is 12.3 Å². The van der Waals surface area contributed by atoms with Gasteiger partial charge >= 0.3 is 11.7 Å². The fourth-order valence-corrected chi connectivity index (χ4v) is 1.48. The molecule has 1 unspecified atom stereocenters. The lowest BCUT2D eigenvalue weighted by atomic mass is 10.2. The quantitative estimate of drug-likeness (QED) is 0.567. The molecule has 0 aromatic carbocycles. The Morgan fingerprint density at radius 1 is 1.68 bits per heavy atom. The van der Waals surface area contributed by atoms with E-state index in [1.165, 1.54) is 0 Å². The van der Waals surface area contributed by atoms with Crippen LogP contribution >= 0.6 is 0 Å². The largest absolute Gasteiger partial charge is 0.477 e. The highest BCUT2D eigenvalue weighted by Crippen LogP contribution is 2.20. The van der Waals surface area contributed by atoms with Crippen LogP contribution in [-0.2, 0) is 4.74 Å². The Bertz CT molecular complexity index is 477. The zero-order valence-electron chi connectivity index (χ0n) is 10.6. The van der Waals surface area contributed by atoms with E-state index >= 15 is 0 Å². The fraction of sp³-hybridized carbons (Fsp3) is 0.455. The lowest BCUT2D eigenvalue weighted by Crippen LogP contribution is -2.17. The summed E-state index contributed by atoms with van der Waals surface area (Å²) in [5.74, 6) is -0.872. The third-order valence-electron chi connectivity index (χ3n) is 2.39. The van der Waals surface area contributed by atoms with Gasteiger partial charge in [-0.05, 0) is 5.92 Å². The molecule has 0 amide bonds. The van der Waals surface area contributed by atoms with E-state index in [9.17, 15) is 14.9 Å². The Hall–Kier alpha value is -2.22. The normalized spacial score (nSPS) is 11.9. The zero-order chi connectivity index (χ0) is 14.4. The number of methoxy groups -OCH3 is 1. The van der Waals surface area contributed by atoms with Gasteiger partial charge in [0.1, 0.15) is 17.6 Å². The van der Waals surface area contributed by atoms with Crippen molar-refractivity contribution in [2.45, 2.75) is 6.92 Å². The molecule has 1 rings (SSSR count). The summed E-state index contributed by atoms with van der Waals surface area (Å²) in [6.45, 7) is 3.02. The van der Waals surface area contributed by atoms with Gasteiger partial charge in [0.15, 0.2) is 0 Å². The van der Waals surface area contributed by atoms with Crippen molar-refractivity contribution in [1.29, 1.82) is 0 Å². The molecule has 1 aromatic rings. The first-order valence-corrected chi connectivity index (χ1v) is 5.56. The highest BCUT2D eigenvalue weighted by Gasteiger charge is 2.21. The highest BCUT2D eigenvalue weighted by atomic mass is 16.6. The molecule has 1 heterocycles. The molecule has 1 aromatic heterocycles. The number of hydrogen-bond acceptors (Lipinski definition) is 6.